The molecule has 2 aliphatic rings. The van der Waals surface area contributed by atoms with E-state index < -0.39 is 29.6 Å². The van der Waals surface area contributed by atoms with E-state index in [9.17, 15) is 22.8 Å². The summed E-state index contributed by atoms with van der Waals surface area (Å²) in [6.07, 6.45) is -1.26. The molecule has 0 spiro atoms. The Hall–Kier alpha value is -3.08. The van der Waals surface area contributed by atoms with Crippen molar-refractivity contribution in [1.29, 1.82) is 0 Å². The monoisotopic (exact) mass is 494 g/mol. The first kappa shape index (κ1) is 25.0. The molecule has 8 nitrogen and oxygen atoms in total. The second-order valence-electron chi connectivity index (χ2n) is 8.84. The van der Waals surface area contributed by atoms with Crippen molar-refractivity contribution < 1.29 is 32.2 Å². The number of nitrogens with zero attached hydrogens (tertiary/aromatic N) is 3. The van der Waals surface area contributed by atoms with Crippen LogP contribution in [-0.2, 0) is 24.1 Å². The van der Waals surface area contributed by atoms with E-state index in [1.165, 1.54) is 6.07 Å². The number of nitrogens with one attached hydrogen (secondary N) is 1. The molecule has 0 aliphatic carbocycles. The molecule has 0 radical (unpaired) electrons. The lowest BCUT2D eigenvalue weighted by Crippen LogP contribution is -2.35. The number of carbonyl (C=O) groups is 2. The number of aromatic nitrogens is 2. The van der Waals surface area contributed by atoms with Crippen LogP contribution in [0.4, 0.5) is 13.2 Å². The van der Waals surface area contributed by atoms with Crippen LogP contribution in [-0.4, -0.2) is 52.6 Å². The van der Waals surface area contributed by atoms with Crippen LogP contribution in [0, 0.1) is 0 Å². The third-order valence-electron chi connectivity index (χ3n) is 6.66. The van der Waals surface area contributed by atoms with Gasteiger partial charge in [-0.15, -0.1) is 0 Å². The van der Waals surface area contributed by atoms with Crippen molar-refractivity contribution in [2.45, 2.75) is 64.5 Å². The molecule has 4 heterocycles. The minimum absolute atomic E-state index is 0.110. The van der Waals surface area contributed by atoms with Crippen molar-refractivity contribution in [3.8, 4) is 5.75 Å². The van der Waals surface area contributed by atoms with E-state index in [-0.39, 0.29) is 18.6 Å². The number of likely N-dealkylation sites (tertiary alicyclic amines) is 1. The highest BCUT2D eigenvalue weighted by molar-refractivity contribution is 6.01. The lowest BCUT2D eigenvalue weighted by atomic mass is 10.0. The van der Waals surface area contributed by atoms with Crippen LogP contribution in [0.2, 0.25) is 0 Å². The molecule has 190 valence electrons. The SMILES string of the molecule is CCC(NC(=O)c1cc(C(=O)N2CCCC2C)n2c1COCC2)c1cnc(C(F)(F)F)c(OC)c1. The average molecular weight is 495 g/mol. The number of carbonyl (C=O) groups excluding carboxylic acids is 2. The van der Waals surface area contributed by atoms with Gasteiger partial charge in [-0.3, -0.25) is 9.59 Å². The van der Waals surface area contributed by atoms with Crippen molar-refractivity contribution in [2.24, 2.45) is 0 Å². The molecule has 2 atom stereocenters. The first-order chi connectivity index (χ1) is 16.7. The van der Waals surface area contributed by atoms with Gasteiger partial charge in [0.15, 0.2) is 5.69 Å². The second-order valence-corrected chi connectivity index (χ2v) is 8.84. The normalized spacial score (nSPS) is 18.8. The molecule has 0 bridgehead atoms. The Morgan fingerprint density at radius 3 is 2.71 bits per heavy atom. The molecule has 2 amide bonds. The van der Waals surface area contributed by atoms with E-state index in [0.717, 1.165) is 26.1 Å². The fourth-order valence-corrected chi connectivity index (χ4v) is 4.76. The fraction of sp³-hybridized carbons (Fsp3) is 0.542. The highest BCUT2D eigenvalue weighted by Gasteiger charge is 2.37. The molecule has 4 rings (SSSR count). The molecule has 1 saturated heterocycles. The Balaban J connectivity index is 1.62. The van der Waals surface area contributed by atoms with Crippen LogP contribution in [0.5, 0.6) is 5.75 Å². The third kappa shape index (κ3) is 4.86. The number of alkyl halides is 3. The fourth-order valence-electron chi connectivity index (χ4n) is 4.76. The highest BCUT2D eigenvalue weighted by atomic mass is 19.4. The molecule has 2 aromatic heterocycles. The lowest BCUT2D eigenvalue weighted by molar-refractivity contribution is -0.142. The molecule has 0 aromatic carbocycles. The summed E-state index contributed by atoms with van der Waals surface area (Å²) < 4.78 is 51.9. The van der Waals surface area contributed by atoms with Gasteiger partial charge >= 0.3 is 6.18 Å². The van der Waals surface area contributed by atoms with Gasteiger partial charge in [0, 0.05) is 25.3 Å². The molecule has 11 heteroatoms. The van der Waals surface area contributed by atoms with Crippen LogP contribution < -0.4 is 10.1 Å². The highest BCUT2D eigenvalue weighted by Crippen LogP contribution is 2.36. The molecule has 2 aromatic rings. The number of ether oxygens (including phenoxy) is 2. The lowest BCUT2D eigenvalue weighted by Gasteiger charge is -2.24. The number of rotatable bonds is 6. The summed E-state index contributed by atoms with van der Waals surface area (Å²) in [7, 11) is 1.14. The Morgan fingerprint density at radius 1 is 1.31 bits per heavy atom. The van der Waals surface area contributed by atoms with E-state index in [2.05, 4.69) is 10.3 Å². The van der Waals surface area contributed by atoms with Gasteiger partial charge in [-0.2, -0.15) is 13.2 Å². The van der Waals surface area contributed by atoms with E-state index in [1.54, 1.807) is 13.0 Å². The zero-order valence-corrected chi connectivity index (χ0v) is 19.9. The molecule has 2 aliphatic heterocycles. The molecule has 2 unspecified atom stereocenters. The zero-order valence-electron chi connectivity index (χ0n) is 19.9. The molecular weight excluding hydrogens is 465 g/mol. The van der Waals surface area contributed by atoms with Gasteiger partial charge in [0.05, 0.1) is 37.6 Å². The van der Waals surface area contributed by atoms with Crippen molar-refractivity contribution in [3.05, 3.63) is 46.5 Å². The Kier molecular flexibility index (Phi) is 7.07. The first-order valence-corrected chi connectivity index (χ1v) is 11.7. The van der Waals surface area contributed by atoms with Crippen molar-refractivity contribution in [2.75, 3.05) is 20.3 Å². The summed E-state index contributed by atoms with van der Waals surface area (Å²) in [6.45, 7) is 5.59. The minimum atomic E-state index is -4.66. The largest absolute Gasteiger partial charge is 0.494 e. The van der Waals surface area contributed by atoms with E-state index >= 15 is 0 Å². The molecule has 0 saturated carbocycles. The van der Waals surface area contributed by atoms with Gasteiger partial charge in [-0.05, 0) is 43.9 Å². The summed E-state index contributed by atoms with van der Waals surface area (Å²) in [5.74, 6) is -0.954. The quantitative estimate of drug-likeness (QED) is 0.658. The number of hydrogen-bond donors (Lipinski definition) is 1. The Morgan fingerprint density at radius 2 is 2.09 bits per heavy atom. The van der Waals surface area contributed by atoms with Crippen LogP contribution in [0.15, 0.2) is 18.3 Å². The second kappa shape index (κ2) is 9.88. The maximum absolute atomic E-state index is 13.3. The number of hydrogen-bond acceptors (Lipinski definition) is 5. The third-order valence-corrected chi connectivity index (χ3v) is 6.66. The van der Waals surface area contributed by atoms with Gasteiger partial charge in [-0.1, -0.05) is 6.92 Å². The maximum Gasteiger partial charge on any atom is 0.437 e. The Bertz CT molecular complexity index is 1110. The Labute approximate surface area is 201 Å². The van der Waals surface area contributed by atoms with E-state index in [0.29, 0.717) is 48.6 Å². The number of fused-ring (bicyclic) bond motifs is 1. The molecule has 35 heavy (non-hydrogen) atoms. The number of halogens is 3. The summed E-state index contributed by atoms with van der Waals surface area (Å²) in [4.78, 5) is 32.0. The predicted octanol–water partition coefficient (Wildman–Crippen LogP) is 3.95. The standard InChI is InChI=1S/C24H29F3N4O4/c1-4-17(15-10-20(34-3)21(28-12-15)24(25,26)27)29-22(32)16-11-18(31-8-9-35-13-19(16)31)23(33)30-7-5-6-14(30)2/h10-12,14,17H,4-9,13H2,1-3H3,(H,29,32). The summed E-state index contributed by atoms with van der Waals surface area (Å²) >= 11 is 0. The van der Waals surface area contributed by atoms with Crippen LogP contribution >= 0.6 is 0 Å². The molecular formula is C24H29F3N4O4. The van der Waals surface area contributed by atoms with Crippen molar-refractivity contribution >= 4 is 11.8 Å². The predicted molar refractivity (Wildman–Crippen MR) is 120 cm³/mol. The molecule has 1 N–H and O–H groups in total. The average Bonchev–Trinajstić information content (AvgIpc) is 3.44. The topological polar surface area (TPSA) is 85.7 Å². The van der Waals surface area contributed by atoms with Crippen LogP contribution in [0.1, 0.15) is 76.9 Å². The number of amides is 2. The van der Waals surface area contributed by atoms with Crippen LogP contribution in [0.25, 0.3) is 0 Å². The van der Waals surface area contributed by atoms with Crippen LogP contribution in [0.3, 0.4) is 0 Å². The van der Waals surface area contributed by atoms with Crippen molar-refractivity contribution in [3.63, 3.8) is 0 Å². The van der Waals surface area contributed by atoms with E-state index in [1.807, 2.05) is 16.4 Å². The van der Waals surface area contributed by atoms with Gasteiger partial charge < -0.3 is 24.3 Å². The van der Waals surface area contributed by atoms with E-state index in [4.69, 9.17) is 9.47 Å². The smallest absolute Gasteiger partial charge is 0.437 e. The first-order valence-electron chi connectivity index (χ1n) is 11.7. The summed E-state index contributed by atoms with van der Waals surface area (Å²) in [6, 6.07) is 2.37. The van der Waals surface area contributed by atoms with Crippen molar-refractivity contribution in [1.82, 2.24) is 19.8 Å². The zero-order chi connectivity index (χ0) is 25.3. The van der Waals surface area contributed by atoms with Gasteiger partial charge in [-0.25, -0.2) is 4.98 Å². The van der Waals surface area contributed by atoms with Gasteiger partial charge in [0.2, 0.25) is 0 Å². The number of methoxy groups -OCH3 is 1. The maximum atomic E-state index is 13.3. The van der Waals surface area contributed by atoms with Gasteiger partial charge in [0.1, 0.15) is 11.4 Å². The summed E-state index contributed by atoms with van der Waals surface area (Å²) in [5.41, 5.74) is 0.653. The molecule has 1 fully saturated rings. The number of pyridine rings is 1. The minimum Gasteiger partial charge on any atom is -0.494 e. The van der Waals surface area contributed by atoms with Gasteiger partial charge in [0.25, 0.3) is 11.8 Å². The summed E-state index contributed by atoms with van der Waals surface area (Å²) in [5, 5.41) is 2.88.